The second-order valence-electron chi connectivity index (χ2n) is 5.42. The number of hydrogen-bond acceptors (Lipinski definition) is 4. The molecule has 2 amide bonds. The van der Waals surface area contributed by atoms with E-state index < -0.39 is 0 Å². The molecule has 1 saturated carbocycles. The van der Waals surface area contributed by atoms with Crippen molar-refractivity contribution in [3.63, 3.8) is 0 Å². The van der Waals surface area contributed by atoms with Gasteiger partial charge in [-0.15, -0.1) is 0 Å². The molecular formula is C14H23N5O2. The number of aromatic nitrogens is 2. The number of hydrogen-bond donors (Lipinski definition) is 4. The van der Waals surface area contributed by atoms with Crippen molar-refractivity contribution in [2.24, 2.45) is 0 Å². The molecule has 0 radical (unpaired) electrons. The Balaban J connectivity index is 1.70. The molecule has 5 N–H and O–H groups in total. The Morgan fingerprint density at radius 2 is 2.19 bits per heavy atom. The Kier molecular flexibility index (Phi) is 5.19. The van der Waals surface area contributed by atoms with Gasteiger partial charge in [0.25, 0.3) is 5.91 Å². The topological polar surface area (TPSA) is 113 Å². The van der Waals surface area contributed by atoms with Crippen LogP contribution in [0.3, 0.4) is 0 Å². The van der Waals surface area contributed by atoms with Gasteiger partial charge in [-0.05, 0) is 25.7 Å². The van der Waals surface area contributed by atoms with Crippen LogP contribution >= 0.6 is 0 Å². The highest BCUT2D eigenvalue weighted by atomic mass is 16.2. The summed E-state index contributed by atoms with van der Waals surface area (Å²) in [6, 6.07) is 0.382. The second kappa shape index (κ2) is 7.10. The number of rotatable bonds is 8. The van der Waals surface area contributed by atoms with Gasteiger partial charge in [-0.1, -0.05) is 13.3 Å². The van der Waals surface area contributed by atoms with E-state index in [2.05, 4.69) is 20.8 Å². The van der Waals surface area contributed by atoms with Crippen molar-refractivity contribution >= 4 is 17.5 Å². The fourth-order valence-electron chi connectivity index (χ4n) is 2.06. The van der Waals surface area contributed by atoms with Crippen molar-refractivity contribution in [1.29, 1.82) is 0 Å². The highest BCUT2D eigenvalue weighted by molar-refractivity contribution is 5.97. The zero-order valence-electron chi connectivity index (χ0n) is 12.4. The van der Waals surface area contributed by atoms with E-state index in [4.69, 9.17) is 5.73 Å². The fraction of sp³-hybridized carbons (Fsp3) is 0.643. The van der Waals surface area contributed by atoms with E-state index in [9.17, 15) is 9.59 Å². The van der Waals surface area contributed by atoms with Gasteiger partial charge in [0.1, 0.15) is 0 Å². The zero-order valence-corrected chi connectivity index (χ0v) is 12.4. The third kappa shape index (κ3) is 4.47. The molecule has 1 aromatic rings. The molecule has 0 aliphatic heterocycles. The van der Waals surface area contributed by atoms with Gasteiger partial charge >= 0.3 is 0 Å². The van der Waals surface area contributed by atoms with Crippen molar-refractivity contribution in [2.75, 3.05) is 12.3 Å². The van der Waals surface area contributed by atoms with E-state index in [-0.39, 0.29) is 17.5 Å². The van der Waals surface area contributed by atoms with Crippen molar-refractivity contribution < 1.29 is 9.59 Å². The minimum atomic E-state index is -0.297. The average molecular weight is 293 g/mol. The summed E-state index contributed by atoms with van der Waals surface area (Å²) < 4.78 is 0. The van der Waals surface area contributed by atoms with Crippen LogP contribution in [0.15, 0.2) is 0 Å². The number of nitrogens with zero attached hydrogens (tertiary/aromatic N) is 1. The van der Waals surface area contributed by atoms with Gasteiger partial charge in [0.05, 0.1) is 11.4 Å². The minimum Gasteiger partial charge on any atom is -0.395 e. The lowest BCUT2D eigenvalue weighted by Crippen LogP contribution is -2.29. The predicted molar refractivity (Wildman–Crippen MR) is 79.7 cm³/mol. The Morgan fingerprint density at radius 3 is 2.86 bits per heavy atom. The second-order valence-corrected chi connectivity index (χ2v) is 5.42. The van der Waals surface area contributed by atoms with Crippen LogP contribution in [0.2, 0.25) is 0 Å². The molecule has 0 spiro atoms. The Morgan fingerprint density at radius 1 is 1.43 bits per heavy atom. The van der Waals surface area contributed by atoms with E-state index >= 15 is 0 Å². The number of anilines is 1. The van der Waals surface area contributed by atoms with Crippen LogP contribution in [0, 0.1) is 0 Å². The van der Waals surface area contributed by atoms with Gasteiger partial charge in [-0.25, -0.2) is 0 Å². The van der Waals surface area contributed by atoms with E-state index in [0.29, 0.717) is 31.1 Å². The van der Waals surface area contributed by atoms with E-state index in [1.54, 1.807) is 0 Å². The molecule has 1 aromatic heterocycles. The molecule has 2 rings (SSSR count). The minimum absolute atomic E-state index is 0.0521. The van der Waals surface area contributed by atoms with Crippen LogP contribution in [0.25, 0.3) is 0 Å². The molecule has 0 saturated heterocycles. The maximum absolute atomic E-state index is 11.9. The maximum atomic E-state index is 11.9. The van der Waals surface area contributed by atoms with E-state index in [1.807, 2.05) is 6.92 Å². The Bertz CT molecular complexity index is 507. The monoisotopic (exact) mass is 293 g/mol. The molecule has 7 heteroatoms. The Labute approximate surface area is 124 Å². The molecule has 1 aliphatic carbocycles. The summed E-state index contributed by atoms with van der Waals surface area (Å²) >= 11 is 0. The molecule has 0 atom stereocenters. The van der Waals surface area contributed by atoms with E-state index in [1.165, 1.54) is 0 Å². The summed E-state index contributed by atoms with van der Waals surface area (Å²) in [6.45, 7) is 2.47. The van der Waals surface area contributed by atoms with Crippen LogP contribution in [-0.4, -0.2) is 34.6 Å². The first kappa shape index (κ1) is 15.3. The van der Waals surface area contributed by atoms with Gasteiger partial charge in [0.15, 0.2) is 5.69 Å². The first-order valence-electron chi connectivity index (χ1n) is 7.52. The molecule has 7 nitrogen and oxygen atoms in total. The molecule has 1 fully saturated rings. The SMILES string of the molecule is CCCc1[nH]nc(C(=O)NCCCC(=O)NC2CC2)c1N. The number of nitrogen functional groups attached to an aromatic ring is 1. The normalized spacial score (nSPS) is 14.0. The van der Waals surface area contributed by atoms with Gasteiger partial charge in [0, 0.05) is 19.0 Å². The molecule has 1 aliphatic rings. The first-order valence-corrected chi connectivity index (χ1v) is 7.52. The van der Waals surface area contributed by atoms with Gasteiger partial charge < -0.3 is 16.4 Å². The summed E-state index contributed by atoms with van der Waals surface area (Å²) in [7, 11) is 0. The molecular weight excluding hydrogens is 270 g/mol. The largest absolute Gasteiger partial charge is 0.395 e. The van der Waals surface area contributed by atoms with Crippen molar-refractivity contribution in [1.82, 2.24) is 20.8 Å². The molecule has 21 heavy (non-hydrogen) atoms. The fourth-order valence-corrected chi connectivity index (χ4v) is 2.06. The van der Waals surface area contributed by atoms with Gasteiger partial charge in [-0.3, -0.25) is 14.7 Å². The third-order valence-corrected chi connectivity index (χ3v) is 3.41. The summed E-state index contributed by atoms with van der Waals surface area (Å²) in [4.78, 5) is 23.4. The number of H-pyrrole nitrogens is 1. The summed E-state index contributed by atoms with van der Waals surface area (Å²) in [5.41, 5.74) is 7.34. The highest BCUT2D eigenvalue weighted by Gasteiger charge is 2.22. The van der Waals surface area contributed by atoms with Crippen LogP contribution in [0.5, 0.6) is 0 Å². The number of nitrogens with one attached hydrogen (secondary N) is 3. The lowest BCUT2D eigenvalue weighted by molar-refractivity contribution is -0.121. The quantitative estimate of drug-likeness (QED) is 0.529. The lowest BCUT2D eigenvalue weighted by Gasteiger charge is -2.05. The molecule has 0 unspecified atom stereocenters. The molecule has 1 heterocycles. The first-order chi connectivity index (χ1) is 10.1. The number of nitrogens with two attached hydrogens (primary N) is 1. The Hall–Kier alpha value is -2.05. The van der Waals surface area contributed by atoms with E-state index in [0.717, 1.165) is 31.4 Å². The number of carbonyl (C=O) groups excluding carboxylic acids is 2. The van der Waals surface area contributed by atoms with Gasteiger partial charge in [-0.2, -0.15) is 5.10 Å². The molecule has 0 bridgehead atoms. The highest BCUT2D eigenvalue weighted by Crippen LogP contribution is 2.18. The summed E-state index contributed by atoms with van der Waals surface area (Å²) in [5.74, 6) is -0.245. The third-order valence-electron chi connectivity index (χ3n) is 3.41. The smallest absolute Gasteiger partial charge is 0.273 e. The van der Waals surface area contributed by atoms with Crippen LogP contribution in [0.1, 0.15) is 55.2 Å². The number of amides is 2. The van der Waals surface area contributed by atoms with Gasteiger partial charge in [0.2, 0.25) is 5.91 Å². The average Bonchev–Trinajstić information content (AvgIpc) is 3.19. The zero-order chi connectivity index (χ0) is 15.2. The van der Waals surface area contributed by atoms with Crippen molar-refractivity contribution in [3.05, 3.63) is 11.4 Å². The standard InChI is InChI=1S/C14H23N5O2/c1-2-4-10-12(15)13(19-18-10)14(21)16-8-3-5-11(20)17-9-6-7-9/h9H,2-8,15H2,1H3,(H,16,21)(H,17,20)(H,18,19). The van der Waals surface area contributed by atoms with Crippen molar-refractivity contribution in [2.45, 2.75) is 51.5 Å². The number of aryl methyl sites for hydroxylation is 1. The van der Waals surface area contributed by atoms with Crippen LogP contribution in [-0.2, 0) is 11.2 Å². The summed E-state index contributed by atoms with van der Waals surface area (Å²) in [5, 5.41) is 12.4. The van der Waals surface area contributed by atoms with Crippen LogP contribution in [0.4, 0.5) is 5.69 Å². The van der Waals surface area contributed by atoms with Crippen molar-refractivity contribution in [3.8, 4) is 0 Å². The predicted octanol–water partition coefficient (Wildman–Crippen LogP) is 0.733. The number of aromatic amines is 1. The number of carbonyl (C=O) groups is 2. The molecule has 116 valence electrons. The van der Waals surface area contributed by atoms with Crippen LogP contribution < -0.4 is 16.4 Å². The summed E-state index contributed by atoms with van der Waals surface area (Å²) in [6.07, 6.45) is 4.91. The maximum Gasteiger partial charge on any atom is 0.273 e. The lowest BCUT2D eigenvalue weighted by atomic mass is 10.2. The molecule has 0 aromatic carbocycles.